The molecule has 1 unspecified atom stereocenters. The number of H-pyrrole nitrogens is 1. The second kappa shape index (κ2) is 5.48. The monoisotopic (exact) mass is 338 g/mol. The van der Waals surface area contributed by atoms with Gasteiger partial charge in [0.1, 0.15) is 5.82 Å². The number of aryl methyl sites for hydroxylation is 1. The number of urea groups is 1. The zero-order valence-electron chi connectivity index (χ0n) is 14.8. The molecule has 2 saturated carbocycles. The fraction of sp³-hybridized carbons (Fsp3) is 0.600. The van der Waals surface area contributed by atoms with Crippen LogP contribution in [0.25, 0.3) is 11.0 Å². The lowest BCUT2D eigenvalue weighted by Crippen LogP contribution is -2.42. The van der Waals surface area contributed by atoms with Crippen LogP contribution in [-0.4, -0.2) is 34.0 Å². The van der Waals surface area contributed by atoms with E-state index in [0.717, 1.165) is 48.7 Å². The molecule has 25 heavy (non-hydrogen) atoms. The number of aromatic amines is 1. The summed E-state index contributed by atoms with van der Waals surface area (Å²) in [7, 11) is 0. The van der Waals surface area contributed by atoms with Crippen LogP contribution < -0.4 is 5.32 Å². The smallest absolute Gasteiger partial charge is 0.318 e. The number of amides is 2. The van der Waals surface area contributed by atoms with E-state index in [2.05, 4.69) is 35.4 Å². The third-order valence-corrected chi connectivity index (χ3v) is 6.41. The molecule has 5 nitrogen and oxygen atoms in total. The average molecular weight is 338 g/mol. The molecule has 5 rings (SSSR count). The lowest BCUT2D eigenvalue weighted by atomic mass is 10.0. The molecule has 132 valence electrons. The number of hydrogen-bond acceptors (Lipinski definition) is 2. The Morgan fingerprint density at radius 1 is 1.36 bits per heavy atom. The molecule has 2 amide bonds. The van der Waals surface area contributed by atoms with Gasteiger partial charge >= 0.3 is 6.03 Å². The zero-order valence-corrected chi connectivity index (χ0v) is 14.8. The lowest BCUT2D eigenvalue weighted by molar-refractivity contribution is 0.187. The summed E-state index contributed by atoms with van der Waals surface area (Å²) in [6.45, 7) is 3.77. The van der Waals surface area contributed by atoms with Crippen molar-refractivity contribution in [2.45, 2.75) is 51.5 Å². The second-order valence-corrected chi connectivity index (χ2v) is 8.29. The van der Waals surface area contributed by atoms with Crippen molar-refractivity contribution in [3.8, 4) is 0 Å². The molecule has 0 bridgehead atoms. The van der Waals surface area contributed by atoms with Crippen LogP contribution in [0.3, 0.4) is 0 Å². The van der Waals surface area contributed by atoms with Crippen molar-refractivity contribution < 1.29 is 4.79 Å². The third-order valence-electron chi connectivity index (χ3n) is 6.41. The largest absolute Gasteiger partial charge is 0.340 e. The fourth-order valence-electron chi connectivity index (χ4n) is 4.53. The number of aromatic nitrogens is 2. The van der Waals surface area contributed by atoms with Gasteiger partial charge in [-0.25, -0.2) is 9.78 Å². The van der Waals surface area contributed by atoms with Gasteiger partial charge in [0.25, 0.3) is 0 Å². The number of benzene rings is 1. The van der Waals surface area contributed by atoms with Crippen molar-refractivity contribution in [3.05, 3.63) is 29.6 Å². The molecule has 1 aromatic heterocycles. The summed E-state index contributed by atoms with van der Waals surface area (Å²) < 4.78 is 0. The highest BCUT2D eigenvalue weighted by molar-refractivity contribution is 5.77. The quantitative estimate of drug-likeness (QED) is 0.888. The molecule has 1 saturated heterocycles. The molecule has 0 spiro atoms. The van der Waals surface area contributed by atoms with Gasteiger partial charge in [0.05, 0.1) is 17.1 Å². The van der Waals surface area contributed by atoms with E-state index in [1.165, 1.54) is 31.2 Å². The predicted molar refractivity (Wildman–Crippen MR) is 97.3 cm³/mol. The SMILES string of the molecule is Cc1ccc2nc(C3CCCN3C(=O)NCC3(C4CC4)CC3)[nH]c2c1. The Morgan fingerprint density at radius 2 is 2.20 bits per heavy atom. The molecule has 3 aliphatic rings. The minimum atomic E-state index is 0.0729. The van der Waals surface area contributed by atoms with Crippen LogP contribution in [0.5, 0.6) is 0 Å². The van der Waals surface area contributed by atoms with Crippen molar-refractivity contribution in [2.75, 3.05) is 13.1 Å². The highest BCUT2D eigenvalue weighted by Gasteiger charge is 2.53. The molecule has 2 aromatic rings. The van der Waals surface area contributed by atoms with Crippen LogP contribution in [0, 0.1) is 18.3 Å². The Bertz CT molecular complexity index is 818. The zero-order chi connectivity index (χ0) is 17.0. The van der Waals surface area contributed by atoms with E-state index in [1.54, 1.807) is 0 Å². The summed E-state index contributed by atoms with van der Waals surface area (Å²) in [5, 5.41) is 3.24. The van der Waals surface area contributed by atoms with Gasteiger partial charge in [-0.15, -0.1) is 0 Å². The van der Waals surface area contributed by atoms with Crippen LogP contribution >= 0.6 is 0 Å². The number of imidazole rings is 1. The summed E-state index contributed by atoms with van der Waals surface area (Å²) in [5.74, 6) is 1.80. The van der Waals surface area contributed by atoms with Gasteiger partial charge in [0, 0.05) is 13.1 Å². The maximum absolute atomic E-state index is 12.8. The van der Waals surface area contributed by atoms with Gasteiger partial charge in [-0.3, -0.25) is 0 Å². The summed E-state index contributed by atoms with van der Waals surface area (Å²) in [6, 6.07) is 6.42. The molecular formula is C20H26N4O. The van der Waals surface area contributed by atoms with Crippen LogP contribution in [0.1, 0.15) is 56.0 Å². The van der Waals surface area contributed by atoms with Crippen LogP contribution in [0.2, 0.25) is 0 Å². The Kier molecular flexibility index (Phi) is 3.34. The normalized spacial score (nSPS) is 24.7. The molecular weight excluding hydrogens is 312 g/mol. The molecule has 2 heterocycles. The van der Waals surface area contributed by atoms with Gasteiger partial charge in [-0.1, -0.05) is 6.07 Å². The molecule has 1 atom stereocenters. The number of carbonyl (C=O) groups is 1. The van der Waals surface area contributed by atoms with E-state index >= 15 is 0 Å². The molecule has 5 heteroatoms. The minimum Gasteiger partial charge on any atom is -0.340 e. The highest BCUT2D eigenvalue weighted by atomic mass is 16.2. The van der Waals surface area contributed by atoms with Crippen LogP contribution in [0.4, 0.5) is 4.79 Å². The Morgan fingerprint density at radius 3 is 2.96 bits per heavy atom. The summed E-state index contributed by atoms with van der Waals surface area (Å²) in [5.41, 5.74) is 3.71. The summed E-state index contributed by atoms with van der Waals surface area (Å²) in [4.78, 5) is 23.0. The first-order valence-electron chi connectivity index (χ1n) is 9.65. The van der Waals surface area contributed by atoms with E-state index in [9.17, 15) is 4.79 Å². The van der Waals surface area contributed by atoms with Crippen molar-refractivity contribution >= 4 is 17.1 Å². The van der Waals surface area contributed by atoms with Crippen LogP contribution in [-0.2, 0) is 0 Å². The van der Waals surface area contributed by atoms with E-state index in [0.29, 0.717) is 5.41 Å². The topological polar surface area (TPSA) is 61.0 Å². The number of rotatable bonds is 4. The Balaban J connectivity index is 1.31. The maximum Gasteiger partial charge on any atom is 0.318 e. The van der Waals surface area contributed by atoms with E-state index in [-0.39, 0.29) is 12.1 Å². The molecule has 2 N–H and O–H groups in total. The minimum absolute atomic E-state index is 0.0729. The highest BCUT2D eigenvalue weighted by Crippen LogP contribution is 2.60. The molecule has 1 aliphatic heterocycles. The number of nitrogens with zero attached hydrogens (tertiary/aromatic N) is 2. The van der Waals surface area contributed by atoms with Gasteiger partial charge < -0.3 is 15.2 Å². The van der Waals surface area contributed by atoms with Crippen molar-refractivity contribution in [2.24, 2.45) is 11.3 Å². The standard InChI is InChI=1S/C20H26N4O/c1-13-4-7-15-16(11-13)23-18(22-15)17-3-2-10-24(17)19(25)21-12-20(8-9-20)14-5-6-14/h4,7,11,14,17H,2-3,5-6,8-10,12H2,1H3,(H,21,25)(H,22,23). The summed E-state index contributed by atoms with van der Waals surface area (Å²) in [6.07, 6.45) is 7.34. The van der Waals surface area contributed by atoms with Crippen molar-refractivity contribution in [1.29, 1.82) is 0 Å². The summed E-state index contributed by atoms with van der Waals surface area (Å²) >= 11 is 0. The first-order chi connectivity index (χ1) is 12.1. The van der Waals surface area contributed by atoms with Crippen molar-refractivity contribution in [1.82, 2.24) is 20.2 Å². The predicted octanol–water partition coefficient (Wildman–Crippen LogP) is 3.91. The van der Waals surface area contributed by atoms with E-state index < -0.39 is 0 Å². The molecule has 1 aromatic carbocycles. The van der Waals surface area contributed by atoms with E-state index in [1.807, 2.05) is 4.90 Å². The Labute approximate surface area is 148 Å². The maximum atomic E-state index is 12.8. The van der Waals surface area contributed by atoms with Crippen molar-refractivity contribution in [3.63, 3.8) is 0 Å². The number of hydrogen-bond donors (Lipinski definition) is 2. The van der Waals surface area contributed by atoms with Crippen LogP contribution in [0.15, 0.2) is 18.2 Å². The second-order valence-electron chi connectivity index (χ2n) is 8.29. The van der Waals surface area contributed by atoms with Gasteiger partial charge in [0.2, 0.25) is 0 Å². The van der Waals surface area contributed by atoms with Gasteiger partial charge in [0.15, 0.2) is 0 Å². The third kappa shape index (κ3) is 2.70. The first kappa shape index (κ1) is 15.2. The average Bonchev–Trinajstić information content (AvgIpc) is 3.50. The number of nitrogens with one attached hydrogen (secondary N) is 2. The van der Waals surface area contributed by atoms with Gasteiger partial charge in [-0.2, -0.15) is 0 Å². The number of likely N-dealkylation sites (tertiary alicyclic amines) is 1. The molecule has 0 radical (unpaired) electrons. The fourth-order valence-corrected chi connectivity index (χ4v) is 4.53. The number of carbonyl (C=O) groups excluding carboxylic acids is 1. The number of fused-ring (bicyclic) bond motifs is 1. The molecule has 2 aliphatic carbocycles. The first-order valence-corrected chi connectivity index (χ1v) is 9.65. The Hall–Kier alpha value is -2.04. The van der Waals surface area contributed by atoms with Gasteiger partial charge in [-0.05, 0) is 74.5 Å². The van der Waals surface area contributed by atoms with E-state index in [4.69, 9.17) is 4.98 Å². The lowest BCUT2D eigenvalue weighted by Gasteiger charge is -2.25. The molecule has 3 fully saturated rings.